The van der Waals surface area contributed by atoms with Crippen molar-refractivity contribution in [2.24, 2.45) is 5.92 Å². The fourth-order valence-corrected chi connectivity index (χ4v) is 3.45. The number of hydrogen-bond donors (Lipinski definition) is 1. The lowest BCUT2D eigenvalue weighted by Gasteiger charge is -2.37. The van der Waals surface area contributed by atoms with Crippen LogP contribution in [0.2, 0.25) is 0 Å². The van der Waals surface area contributed by atoms with Crippen LogP contribution in [-0.2, 0) is 11.2 Å². The van der Waals surface area contributed by atoms with Crippen LogP contribution in [0.3, 0.4) is 0 Å². The highest BCUT2D eigenvalue weighted by Crippen LogP contribution is 2.24. The predicted molar refractivity (Wildman–Crippen MR) is 90.5 cm³/mol. The molecular formula is C19H27NO3. The van der Waals surface area contributed by atoms with Crippen LogP contribution in [-0.4, -0.2) is 34.5 Å². The van der Waals surface area contributed by atoms with E-state index in [1.807, 2.05) is 11.0 Å². The highest BCUT2D eigenvalue weighted by Gasteiger charge is 2.27. The van der Waals surface area contributed by atoms with Gasteiger partial charge in [-0.15, -0.1) is 0 Å². The number of carbonyl (C=O) groups excluding carboxylic acids is 1. The van der Waals surface area contributed by atoms with Gasteiger partial charge in [-0.2, -0.15) is 0 Å². The molecular weight excluding hydrogens is 290 g/mol. The van der Waals surface area contributed by atoms with E-state index in [0.717, 1.165) is 31.4 Å². The van der Waals surface area contributed by atoms with E-state index in [4.69, 9.17) is 0 Å². The molecule has 126 valence electrons. The smallest absolute Gasteiger partial charge is 0.335 e. The Balaban J connectivity index is 1.99. The molecule has 1 aliphatic heterocycles. The summed E-state index contributed by atoms with van der Waals surface area (Å²) in [6.45, 7) is 5.23. The first-order valence-corrected chi connectivity index (χ1v) is 8.59. The lowest BCUT2D eigenvalue weighted by Crippen LogP contribution is -2.44. The summed E-state index contributed by atoms with van der Waals surface area (Å²) < 4.78 is 0. The summed E-state index contributed by atoms with van der Waals surface area (Å²) in [5.74, 6) is -0.180. The van der Waals surface area contributed by atoms with Crippen molar-refractivity contribution >= 4 is 11.9 Å². The second-order valence-electron chi connectivity index (χ2n) is 6.83. The SMILES string of the molecule is CC(C)CC1CCCCN1C(=O)CCc1ccccc1C(=O)O. The molecule has 1 N–H and O–H groups in total. The van der Waals surface area contributed by atoms with Crippen molar-refractivity contribution in [3.05, 3.63) is 35.4 Å². The molecule has 0 saturated carbocycles. The van der Waals surface area contributed by atoms with Crippen molar-refractivity contribution in [3.63, 3.8) is 0 Å². The lowest BCUT2D eigenvalue weighted by atomic mass is 9.93. The fraction of sp³-hybridized carbons (Fsp3) is 0.579. The lowest BCUT2D eigenvalue weighted by molar-refractivity contribution is -0.135. The van der Waals surface area contributed by atoms with E-state index in [0.29, 0.717) is 30.4 Å². The van der Waals surface area contributed by atoms with Gasteiger partial charge in [0.05, 0.1) is 5.56 Å². The predicted octanol–water partition coefficient (Wildman–Crippen LogP) is 3.74. The molecule has 1 amide bonds. The average molecular weight is 317 g/mol. The van der Waals surface area contributed by atoms with Crippen LogP contribution in [0.4, 0.5) is 0 Å². The van der Waals surface area contributed by atoms with E-state index in [2.05, 4.69) is 13.8 Å². The zero-order valence-corrected chi connectivity index (χ0v) is 14.1. The van der Waals surface area contributed by atoms with Crippen LogP contribution >= 0.6 is 0 Å². The van der Waals surface area contributed by atoms with Crippen LogP contribution in [0.5, 0.6) is 0 Å². The Labute approximate surface area is 138 Å². The molecule has 1 atom stereocenters. The first-order valence-electron chi connectivity index (χ1n) is 8.59. The Morgan fingerprint density at radius 1 is 1.26 bits per heavy atom. The summed E-state index contributed by atoms with van der Waals surface area (Å²) in [5.41, 5.74) is 1.04. The van der Waals surface area contributed by atoms with Crippen LogP contribution in [0, 0.1) is 5.92 Å². The van der Waals surface area contributed by atoms with E-state index in [-0.39, 0.29) is 5.91 Å². The number of nitrogens with zero attached hydrogens (tertiary/aromatic N) is 1. The Bertz CT molecular complexity index is 553. The van der Waals surface area contributed by atoms with E-state index >= 15 is 0 Å². The van der Waals surface area contributed by atoms with Crippen LogP contribution in [0.25, 0.3) is 0 Å². The van der Waals surface area contributed by atoms with Crippen molar-refractivity contribution in [1.82, 2.24) is 4.90 Å². The van der Waals surface area contributed by atoms with Gasteiger partial charge >= 0.3 is 5.97 Å². The molecule has 4 nitrogen and oxygen atoms in total. The third-order valence-corrected chi connectivity index (χ3v) is 4.55. The molecule has 0 radical (unpaired) electrons. The maximum atomic E-state index is 12.6. The molecule has 1 fully saturated rings. The number of piperidine rings is 1. The number of aryl methyl sites for hydroxylation is 1. The molecule has 0 spiro atoms. The Morgan fingerprint density at radius 3 is 2.70 bits per heavy atom. The summed E-state index contributed by atoms with van der Waals surface area (Å²) in [6, 6.07) is 7.31. The van der Waals surface area contributed by atoms with E-state index < -0.39 is 5.97 Å². The number of aromatic carboxylic acids is 1. The third-order valence-electron chi connectivity index (χ3n) is 4.55. The second kappa shape index (κ2) is 8.14. The normalized spacial score (nSPS) is 18.2. The van der Waals surface area contributed by atoms with E-state index in [9.17, 15) is 14.7 Å². The van der Waals surface area contributed by atoms with Crippen LogP contribution < -0.4 is 0 Å². The molecule has 0 aliphatic carbocycles. The molecule has 2 rings (SSSR count). The summed E-state index contributed by atoms with van der Waals surface area (Å²) in [5, 5.41) is 9.23. The van der Waals surface area contributed by atoms with Gasteiger partial charge in [0.25, 0.3) is 0 Å². The van der Waals surface area contributed by atoms with Gasteiger partial charge in [-0.1, -0.05) is 32.0 Å². The minimum Gasteiger partial charge on any atom is -0.478 e. The van der Waals surface area contributed by atoms with Crippen molar-refractivity contribution in [2.75, 3.05) is 6.54 Å². The second-order valence-corrected chi connectivity index (χ2v) is 6.83. The average Bonchev–Trinajstić information content (AvgIpc) is 2.52. The Hall–Kier alpha value is -1.84. The maximum absolute atomic E-state index is 12.6. The van der Waals surface area contributed by atoms with E-state index in [1.165, 1.54) is 6.42 Å². The first-order chi connectivity index (χ1) is 11.0. The molecule has 1 saturated heterocycles. The molecule has 0 aromatic heterocycles. The molecule has 1 aromatic rings. The Kier molecular flexibility index (Phi) is 6.20. The molecule has 0 bridgehead atoms. The highest BCUT2D eigenvalue weighted by molar-refractivity contribution is 5.89. The van der Waals surface area contributed by atoms with Crippen molar-refractivity contribution in [3.8, 4) is 0 Å². The number of carboxylic acids is 1. The quantitative estimate of drug-likeness (QED) is 0.869. The molecule has 1 aliphatic rings. The largest absolute Gasteiger partial charge is 0.478 e. The summed E-state index contributed by atoms with van der Waals surface area (Å²) in [7, 11) is 0. The third kappa shape index (κ3) is 4.81. The van der Waals surface area contributed by atoms with Gasteiger partial charge in [-0.3, -0.25) is 4.79 Å². The van der Waals surface area contributed by atoms with Crippen molar-refractivity contribution < 1.29 is 14.7 Å². The topological polar surface area (TPSA) is 57.6 Å². The van der Waals surface area contributed by atoms with Crippen LogP contribution in [0.1, 0.15) is 61.9 Å². The van der Waals surface area contributed by atoms with Crippen molar-refractivity contribution in [2.45, 2.75) is 58.4 Å². The summed E-state index contributed by atoms with van der Waals surface area (Å²) >= 11 is 0. The molecule has 1 unspecified atom stereocenters. The molecule has 4 heteroatoms. The van der Waals surface area contributed by atoms with Gasteiger partial charge in [0.1, 0.15) is 0 Å². The van der Waals surface area contributed by atoms with Gasteiger partial charge in [0.2, 0.25) is 5.91 Å². The Morgan fingerprint density at radius 2 is 2.00 bits per heavy atom. The zero-order valence-electron chi connectivity index (χ0n) is 14.1. The number of carboxylic acid groups (broad SMARTS) is 1. The van der Waals surface area contributed by atoms with Crippen molar-refractivity contribution in [1.29, 1.82) is 0 Å². The molecule has 23 heavy (non-hydrogen) atoms. The van der Waals surface area contributed by atoms with Crippen LogP contribution in [0.15, 0.2) is 24.3 Å². The standard InChI is InChI=1S/C19H27NO3/c1-14(2)13-16-8-5-6-12-20(16)18(21)11-10-15-7-3-4-9-17(15)19(22)23/h3-4,7,9,14,16H,5-6,8,10-13H2,1-2H3,(H,22,23). The number of rotatable bonds is 6. The summed E-state index contributed by atoms with van der Waals surface area (Å²) in [4.78, 5) is 25.9. The minimum atomic E-state index is -0.927. The monoisotopic (exact) mass is 317 g/mol. The van der Waals surface area contributed by atoms with E-state index in [1.54, 1.807) is 18.2 Å². The highest BCUT2D eigenvalue weighted by atomic mass is 16.4. The summed E-state index contributed by atoms with van der Waals surface area (Å²) in [6.07, 6.45) is 5.30. The number of likely N-dealkylation sites (tertiary alicyclic amines) is 1. The first kappa shape index (κ1) is 17.5. The van der Waals surface area contributed by atoms with Gasteiger partial charge in [-0.25, -0.2) is 4.79 Å². The fourth-order valence-electron chi connectivity index (χ4n) is 3.45. The number of amides is 1. The zero-order chi connectivity index (χ0) is 16.8. The van der Waals surface area contributed by atoms with Gasteiger partial charge in [0.15, 0.2) is 0 Å². The number of benzene rings is 1. The molecule has 1 aromatic carbocycles. The number of hydrogen-bond acceptors (Lipinski definition) is 2. The minimum absolute atomic E-state index is 0.163. The van der Waals surface area contributed by atoms with Gasteiger partial charge < -0.3 is 10.0 Å². The maximum Gasteiger partial charge on any atom is 0.335 e. The molecule has 1 heterocycles. The van der Waals surface area contributed by atoms with Gasteiger partial charge in [-0.05, 0) is 49.7 Å². The van der Waals surface area contributed by atoms with Gasteiger partial charge in [0, 0.05) is 19.0 Å². The number of carbonyl (C=O) groups is 2.